The van der Waals surface area contributed by atoms with Gasteiger partial charge in [0, 0.05) is 10.0 Å². The van der Waals surface area contributed by atoms with Gasteiger partial charge < -0.3 is 0 Å². The Labute approximate surface area is 90.9 Å². The predicted molar refractivity (Wildman–Crippen MR) is 61.7 cm³/mol. The van der Waals surface area contributed by atoms with E-state index in [4.69, 9.17) is 0 Å². The van der Waals surface area contributed by atoms with Gasteiger partial charge in [-0.25, -0.2) is 0 Å². The third kappa shape index (κ3) is 1.46. The molecule has 0 atom stereocenters. The zero-order valence-electron chi connectivity index (χ0n) is 7.75. The molecule has 0 saturated carbocycles. The Morgan fingerprint density at radius 2 is 1.86 bits per heavy atom. The van der Waals surface area contributed by atoms with Gasteiger partial charge in [0.25, 0.3) is 0 Å². The Hall–Kier alpha value is -1.15. The SMILES string of the molecule is CC(=O)c1ccc2ccccc2c1Br. The first-order chi connectivity index (χ1) is 6.70. The van der Waals surface area contributed by atoms with E-state index in [1.807, 2.05) is 36.4 Å². The van der Waals surface area contributed by atoms with Gasteiger partial charge in [0.1, 0.15) is 0 Å². The molecule has 2 aromatic rings. The first-order valence-electron chi connectivity index (χ1n) is 4.38. The average Bonchev–Trinajstić information content (AvgIpc) is 2.18. The van der Waals surface area contributed by atoms with E-state index in [1.54, 1.807) is 6.92 Å². The Bertz CT molecular complexity index is 503. The van der Waals surface area contributed by atoms with Crippen molar-refractivity contribution in [1.29, 1.82) is 0 Å². The first kappa shape index (κ1) is 9.41. The van der Waals surface area contributed by atoms with Crippen LogP contribution in [0.1, 0.15) is 17.3 Å². The largest absolute Gasteiger partial charge is 0.294 e. The van der Waals surface area contributed by atoms with E-state index in [1.165, 1.54) is 0 Å². The summed E-state index contributed by atoms with van der Waals surface area (Å²) < 4.78 is 0.892. The molecule has 0 bridgehead atoms. The van der Waals surface area contributed by atoms with E-state index < -0.39 is 0 Å². The monoisotopic (exact) mass is 248 g/mol. The van der Waals surface area contributed by atoms with Crippen LogP contribution in [0.2, 0.25) is 0 Å². The van der Waals surface area contributed by atoms with Crippen molar-refractivity contribution in [3.05, 3.63) is 46.4 Å². The lowest BCUT2D eigenvalue weighted by atomic mass is 10.1. The minimum absolute atomic E-state index is 0.0858. The maximum atomic E-state index is 11.3. The summed E-state index contributed by atoms with van der Waals surface area (Å²) in [4.78, 5) is 11.3. The third-order valence-corrected chi connectivity index (χ3v) is 3.10. The van der Waals surface area contributed by atoms with Crippen molar-refractivity contribution in [2.75, 3.05) is 0 Å². The molecule has 0 aliphatic rings. The lowest BCUT2D eigenvalue weighted by molar-refractivity contribution is 0.101. The average molecular weight is 249 g/mol. The van der Waals surface area contributed by atoms with E-state index in [2.05, 4.69) is 15.9 Å². The number of fused-ring (bicyclic) bond motifs is 1. The number of hydrogen-bond acceptors (Lipinski definition) is 1. The van der Waals surface area contributed by atoms with Crippen molar-refractivity contribution in [2.24, 2.45) is 0 Å². The molecule has 0 amide bonds. The lowest BCUT2D eigenvalue weighted by Gasteiger charge is -2.04. The zero-order valence-corrected chi connectivity index (χ0v) is 9.34. The number of benzene rings is 2. The van der Waals surface area contributed by atoms with Crippen molar-refractivity contribution in [2.45, 2.75) is 6.92 Å². The van der Waals surface area contributed by atoms with Crippen LogP contribution in [-0.4, -0.2) is 5.78 Å². The van der Waals surface area contributed by atoms with E-state index in [-0.39, 0.29) is 5.78 Å². The van der Waals surface area contributed by atoms with E-state index >= 15 is 0 Å². The van der Waals surface area contributed by atoms with Crippen LogP contribution in [0, 0.1) is 0 Å². The van der Waals surface area contributed by atoms with Crippen molar-refractivity contribution >= 4 is 32.5 Å². The number of Topliss-reactive ketones (excluding diaryl/α,β-unsaturated/α-hetero) is 1. The van der Waals surface area contributed by atoms with Crippen LogP contribution in [0.4, 0.5) is 0 Å². The van der Waals surface area contributed by atoms with E-state index in [0.717, 1.165) is 20.8 Å². The zero-order chi connectivity index (χ0) is 10.1. The topological polar surface area (TPSA) is 17.1 Å². The van der Waals surface area contributed by atoms with Gasteiger partial charge in [0.2, 0.25) is 0 Å². The fourth-order valence-corrected chi connectivity index (χ4v) is 2.28. The van der Waals surface area contributed by atoms with Crippen molar-refractivity contribution in [1.82, 2.24) is 0 Å². The summed E-state index contributed by atoms with van der Waals surface area (Å²) in [7, 11) is 0. The number of hydrogen-bond donors (Lipinski definition) is 0. The Kier molecular flexibility index (Phi) is 2.38. The highest BCUT2D eigenvalue weighted by atomic mass is 79.9. The molecular formula is C12H9BrO. The quantitative estimate of drug-likeness (QED) is 0.702. The molecule has 0 radical (unpaired) electrons. The molecule has 2 aromatic carbocycles. The number of rotatable bonds is 1. The fourth-order valence-electron chi connectivity index (χ4n) is 1.51. The Morgan fingerprint density at radius 1 is 1.14 bits per heavy atom. The van der Waals surface area contributed by atoms with Crippen LogP contribution in [0.15, 0.2) is 40.9 Å². The highest BCUT2D eigenvalue weighted by Gasteiger charge is 2.07. The summed E-state index contributed by atoms with van der Waals surface area (Å²) >= 11 is 3.46. The molecule has 70 valence electrons. The van der Waals surface area contributed by atoms with E-state index in [0.29, 0.717) is 0 Å². The van der Waals surface area contributed by atoms with Crippen molar-refractivity contribution < 1.29 is 4.79 Å². The molecule has 0 heterocycles. The highest BCUT2D eigenvalue weighted by molar-refractivity contribution is 9.10. The molecule has 0 aliphatic heterocycles. The molecule has 0 saturated heterocycles. The van der Waals surface area contributed by atoms with Crippen LogP contribution >= 0.6 is 15.9 Å². The van der Waals surface area contributed by atoms with Gasteiger partial charge in [-0.05, 0) is 39.7 Å². The highest BCUT2D eigenvalue weighted by Crippen LogP contribution is 2.27. The summed E-state index contributed by atoms with van der Waals surface area (Å²) in [5.41, 5.74) is 0.740. The Morgan fingerprint density at radius 3 is 2.57 bits per heavy atom. The molecule has 0 unspecified atom stereocenters. The summed E-state index contributed by atoms with van der Waals surface area (Å²) in [6, 6.07) is 11.8. The second kappa shape index (κ2) is 3.54. The van der Waals surface area contributed by atoms with Crippen molar-refractivity contribution in [3.63, 3.8) is 0 Å². The molecule has 0 fully saturated rings. The molecule has 1 nitrogen and oxygen atoms in total. The maximum absolute atomic E-state index is 11.3. The summed E-state index contributed by atoms with van der Waals surface area (Å²) in [5, 5.41) is 2.23. The van der Waals surface area contributed by atoms with Gasteiger partial charge in [-0.15, -0.1) is 0 Å². The van der Waals surface area contributed by atoms with Crippen LogP contribution in [0.5, 0.6) is 0 Å². The smallest absolute Gasteiger partial charge is 0.160 e. The number of carbonyl (C=O) groups excluding carboxylic acids is 1. The predicted octanol–water partition coefficient (Wildman–Crippen LogP) is 3.80. The van der Waals surface area contributed by atoms with Gasteiger partial charge in [0.15, 0.2) is 5.78 Å². The molecule has 2 rings (SSSR count). The molecule has 0 aliphatic carbocycles. The molecule has 0 spiro atoms. The molecule has 0 aromatic heterocycles. The number of carbonyl (C=O) groups is 1. The first-order valence-corrected chi connectivity index (χ1v) is 5.17. The second-order valence-corrected chi connectivity index (χ2v) is 4.00. The Balaban J connectivity index is 2.81. The van der Waals surface area contributed by atoms with Gasteiger partial charge >= 0.3 is 0 Å². The van der Waals surface area contributed by atoms with Gasteiger partial charge in [-0.3, -0.25) is 4.79 Å². The second-order valence-electron chi connectivity index (χ2n) is 3.20. The normalized spacial score (nSPS) is 10.4. The fraction of sp³-hybridized carbons (Fsp3) is 0.0833. The van der Waals surface area contributed by atoms with Crippen LogP contribution in [0.25, 0.3) is 10.8 Å². The van der Waals surface area contributed by atoms with Crippen LogP contribution in [0.3, 0.4) is 0 Å². The summed E-state index contributed by atoms with van der Waals surface area (Å²) in [6.45, 7) is 1.58. The summed E-state index contributed by atoms with van der Waals surface area (Å²) in [6.07, 6.45) is 0. The minimum Gasteiger partial charge on any atom is -0.294 e. The van der Waals surface area contributed by atoms with Gasteiger partial charge in [-0.1, -0.05) is 30.3 Å². The number of halogens is 1. The molecular weight excluding hydrogens is 240 g/mol. The van der Waals surface area contributed by atoms with Crippen LogP contribution < -0.4 is 0 Å². The van der Waals surface area contributed by atoms with E-state index in [9.17, 15) is 4.79 Å². The molecule has 0 N–H and O–H groups in total. The third-order valence-electron chi connectivity index (χ3n) is 2.24. The lowest BCUT2D eigenvalue weighted by Crippen LogP contribution is -1.93. The molecule has 2 heteroatoms. The molecule has 14 heavy (non-hydrogen) atoms. The van der Waals surface area contributed by atoms with Crippen LogP contribution in [-0.2, 0) is 0 Å². The maximum Gasteiger partial charge on any atom is 0.160 e. The minimum atomic E-state index is 0.0858. The van der Waals surface area contributed by atoms with Crippen molar-refractivity contribution in [3.8, 4) is 0 Å². The number of ketones is 1. The summed E-state index contributed by atoms with van der Waals surface area (Å²) in [5.74, 6) is 0.0858. The van der Waals surface area contributed by atoms with Gasteiger partial charge in [0.05, 0.1) is 0 Å². The van der Waals surface area contributed by atoms with Gasteiger partial charge in [-0.2, -0.15) is 0 Å². The standard InChI is InChI=1S/C12H9BrO/c1-8(14)10-7-6-9-4-2-3-5-11(9)12(10)13/h2-7H,1H3.